The summed E-state index contributed by atoms with van der Waals surface area (Å²) in [6, 6.07) is 8.51. The third-order valence-electron chi connectivity index (χ3n) is 3.42. The van der Waals surface area contributed by atoms with E-state index in [1.807, 2.05) is 0 Å². The Bertz CT molecular complexity index is 727. The molecule has 0 radical (unpaired) electrons. The van der Waals surface area contributed by atoms with E-state index in [0.717, 1.165) is 0 Å². The van der Waals surface area contributed by atoms with Crippen LogP contribution in [-0.2, 0) is 10.3 Å². The van der Waals surface area contributed by atoms with Crippen molar-refractivity contribution in [2.24, 2.45) is 0 Å². The Kier molecular flexibility index (Phi) is 5.10. The number of rotatable bonds is 6. The van der Waals surface area contributed by atoms with E-state index in [1.54, 1.807) is 37.3 Å². The topological polar surface area (TPSA) is 88.8 Å². The summed E-state index contributed by atoms with van der Waals surface area (Å²) in [7, 11) is 1.52. The van der Waals surface area contributed by atoms with Crippen molar-refractivity contribution in [2.75, 3.05) is 7.11 Å². The average molecular weight is 382 g/mol. The van der Waals surface area contributed by atoms with Crippen molar-refractivity contribution in [3.8, 4) is 5.75 Å². The van der Waals surface area contributed by atoms with Crippen molar-refractivity contribution >= 4 is 27.8 Å². The van der Waals surface area contributed by atoms with Gasteiger partial charge in [-0.1, -0.05) is 12.1 Å². The molecule has 1 amide bonds. The van der Waals surface area contributed by atoms with Gasteiger partial charge in [-0.05, 0) is 46.6 Å². The largest absolute Gasteiger partial charge is 0.497 e. The number of carbonyl (C=O) groups is 2. The van der Waals surface area contributed by atoms with Crippen LogP contribution in [0.1, 0.15) is 29.5 Å². The molecule has 6 nitrogen and oxygen atoms in total. The van der Waals surface area contributed by atoms with Gasteiger partial charge in [-0.2, -0.15) is 0 Å². The monoisotopic (exact) mass is 381 g/mol. The minimum absolute atomic E-state index is 0.0875. The van der Waals surface area contributed by atoms with Crippen molar-refractivity contribution in [2.45, 2.75) is 18.9 Å². The Balaban J connectivity index is 2.37. The molecule has 2 rings (SSSR count). The van der Waals surface area contributed by atoms with Crippen LogP contribution in [-0.4, -0.2) is 24.1 Å². The Morgan fingerprint density at radius 2 is 2.13 bits per heavy atom. The van der Waals surface area contributed by atoms with E-state index < -0.39 is 17.4 Å². The first kappa shape index (κ1) is 17.1. The molecule has 0 saturated carbocycles. The van der Waals surface area contributed by atoms with Gasteiger partial charge in [-0.15, -0.1) is 0 Å². The molecule has 0 bridgehead atoms. The number of hydrogen-bond acceptors (Lipinski definition) is 4. The molecule has 1 aromatic heterocycles. The van der Waals surface area contributed by atoms with Crippen molar-refractivity contribution < 1.29 is 23.8 Å². The summed E-state index contributed by atoms with van der Waals surface area (Å²) in [6.07, 6.45) is 1.09. The van der Waals surface area contributed by atoms with Gasteiger partial charge in [0.15, 0.2) is 0 Å². The van der Waals surface area contributed by atoms with Crippen LogP contribution >= 0.6 is 15.9 Å². The average Bonchev–Trinajstić information content (AvgIpc) is 2.92. The van der Waals surface area contributed by atoms with Crippen LogP contribution in [0.3, 0.4) is 0 Å². The molecule has 0 spiro atoms. The summed E-state index contributed by atoms with van der Waals surface area (Å²) in [4.78, 5) is 23.7. The number of carbonyl (C=O) groups excluding carboxylic acids is 1. The molecule has 2 aromatic rings. The van der Waals surface area contributed by atoms with Gasteiger partial charge >= 0.3 is 5.97 Å². The first-order chi connectivity index (χ1) is 10.9. The molecule has 0 saturated heterocycles. The second-order valence-corrected chi connectivity index (χ2v) is 6.04. The zero-order chi connectivity index (χ0) is 17.0. The molecular weight excluding hydrogens is 366 g/mol. The summed E-state index contributed by atoms with van der Waals surface area (Å²) in [6.45, 7) is 1.64. The summed E-state index contributed by atoms with van der Waals surface area (Å²) in [5.74, 6) is -0.875. The fraction of sp³-hybridized carbons (Fsp3) is 0.250. The quantitative estimate of drug-likeness (QED) is 0.801. The maximum Gasteiger partial charge on any atom is 0.306 e. The number of carboxylic acids is 1. The zero-order valence-corrected chi connectivity index (χ0v) is 14.2. The van der Waals surface area contributed by atoms with Gasteiger partial charge in [0.1, 0.15) is 5.75 Å². The Labute approximate surface area is 141 Å². The third kappa shape index (κ3) is 3.92. The van der Waals surface area contributed by atoms with Crippen molar-refractivity contribution in [1.29, 1.82) is 0 Å². The second-order valence-electron chi connectivity index (χ2n) is 5.19. The molecule has 1 atom stereocenters. The van der Waals surface area contributed by atoms with Crippen LogP contribution in [0.2, 0.25) is 0 Å². The molecule has 0 fully saturated rings. The minimum atomic E-state index is -1.12. The highest BCUT2D eigenvalue weighted by molar-refractivity contribution is 9.10. The molecule has 0 aliphatic rings. The SMILES string of the molecule is COc1cccc(C(C)(CC(=O)O)NC(=O)c2occc2Br)c1. The van der Waals surface area contributed by atoms with E-state index >= 15 is 0 Å². The lowest BCUT2D eigenvalue weighted by atomic mass is 9.88. The van der Waals surface area contributed by atoms with Crippen molar-refractivity contribution in [1.82, 2.24) is 5.32 Å². The van der Waals surface area contributed by atoms with Gasteiger partial charge < -0.3 is 19.6 Å². The number of nitrogens with one attached hydrogen (secondary N) is 1. The molecule has 7 heteroatoms. The van der Waals surface area contributed by atoms with Crippen molar-refractivity contribution in [3.05, 3.63) is 52.4 Å². The molecular formula is C16H16BrNO5. The number of benzene rings is 1. The fourth-order valence-electron chi connectivity index (χ4n) is 2.25. The molecule has 122 valence electrons. The van der Waals surface area contributed by atoms with E-state index in [9.17, 15) is 14.7 Å². The van der Waals surface area contributed by atoms with Crippen molar-refractivity contribution in [3.63, 3.8) is 0 Å². The Morgan fingerprint density at radius 1 is 1.39 bits per heavy atom. The predicted molar refractivity (Wildman–Crippen MR) is 86.5 cm³/mol. The Hall–Kier alpha value is -2.28. The van der Waals surface area contributed by atoms with Crippen LogP contribution in [0, 0.1) is 0 Å². The fourth-order valence-corrected chi connectivity index (χ4v) is 2.63. The summed E-state index contributed by atoms with van der Waals surface area (Å²) < 4.78 is 10.8. The molecule has 23 heavy (non-hydrogen) atoms. The first-order valence-electron chi connectivity index (χ1n) is 6.77. The normalized spacial score (nSPS) is 13.2. The molecule has 1 aromatic carbocycles. The van der Waals surface area contributed by atoms with E-state index in [1.165, 1.54) is 13.4 Å². The molecule has 0 aliphatic carbocycles. The number of carboxylic acid groups (broad SMARTS) is 1. The van der Waals surface area contributed by atoms with Crippen LogP contribution in [0.25, 0.3) is 0 Å². The van der Waals surface area contributed by atoms with Gasteiger partial charge in [-0.3, -0.25) is 9.59 Å². The van der Waals surface area contributed by atoms with Gasteiger partial charge in [0, 0.05) is 0 Å². The second kappa shape index (κ2) is 6.87. The van der Waals surface area contributed by atoms with E-state index in [4.69, 9.17) is 9.15 Å². The van der Waals surface area contributed by atoms with Crippen LogP contribution in [0.5, 0.6) is 5.75 Å². The molecule has 1 heterocycles. The number of methoxy groups -OCH3 is 1. The Morgan fingerprint density at radius 3 is 2.70 bits per heavy atom. The summed E-state index contributed by atoms with van der Waals surface area (Å²) in [5.41, 5.74) is -0.501. The highest BCUT2D eigenvalue weighted by Crippen LogP contribution is 2.29. The highest BCUT2D eigenvalue weighted by atomic mass is 79.9. The van der Waals surface area contributed by atoms with Crippen LogP contribution in [0.4, 0.5) is 0 Å². The van der Waals surface area contributed by atoms with Crippen LogP contribution < -0.4 is 10.1 Å². The maximum atomic E-state index is 12.4. The van der Waals surface area contributed by atoms with Gasteiger partial charge in [0.05, 0.1) is 29.8 Å². The predicted octanol–water partition coefficient (Wildman–Crippen LogP) is 3.17. The lowest BCUT2D eigenvalue weighted by molar-refractivity contribution is -0.138. The summed E-state index contributed by atoms with van der Waals surface area (Å²) >= 11 is 3.21. The minimum Gasteiger partial charge on any atom is -0.497 e. The third-order valence-corrected chi connectivity index (χ3v) is 4.05. The number of furan rings is 1. The van der Waals surface area contributed by atoms with Gasteiger partial charge in [0.25, 0.3) is 5.91 Å². The molecule has 1 unspecified atom stereocenters. The van der Waals surface area contributed by atoms with E-state index in [2.05, 4.69) is 21.2 Å². The lowest BCUT2D eigenvalue weighted by Crippen LogP contribution is -2.45. The number of hydrogen-bond donors (Lipinski definition) is 2. The number of ether oxygens (including phenoxy) is 1. The summed E-state index contributed by atoms with van der Waals surface area (Å²) in [5, 5.41) is 12.0. The number of halogens is 1. The van der Waals surface area contributed by atoms with Gasteiger partial charge in [-0.25, -0.2) is 0 Å². The van der Waals surface area contributed by atoms with E-state index in [-0.39, 0.29) is 12.2 Å². The van der Waals surface area contributed by atoms with Crippen LogP contribution in [0.15, 0.2) is 45.5 Å². The first-order valence-corrected chi connectivity index (χ1v) is 7.57. The molecule has 2 N–H and O–H groups in total. The zero-order valence-electron chi connectivity index (χ0n) is 12.6. The maximum absolute atomic E-state index is 12.4. The standard InChI is InChI=1S/C16H16BrNO5/c1-16(9-13(19)20,10-4-3-5-11(8-10)22-2)18-15(21)14-12(17)6-7-23-14/h3-8H,9H2,1-2H3,(H,18,21)(H,19,20). The lowest BCUT2D eigenvalue weighted by Gasteiger charge is -2.30. The number of aliphatic carboxylic acids is 1. The molecule has 0 aliphatic heterocycles. The van der Waals surface area contributed by atoms with Gasteiger partial charge in [0.2, 0.25) is 5.76 Å². The smallest absolute Gasteiger partial charge is 0.306 e. The van der Waals surface area contributed by atoms with E-state index in [0.29, 0.717) is 15.8 Å². The number of amides is 1. The highest BCUT2D eigenvalue weighted by Gasteiger charge is 2.33.